The lowest BCUT2D eigenvalue weighted by atomic mass is 9.93. The van der Waals surface area contributed by atoms with Crippen LogP contribution in [0.25, 0.3) is 32.3 Å². The van der Waals surface area contributed by atoms with E-state index in [1.807, 2.05) is 0 Å². The molecule has 0 aliphatic carbocycles. The number of halogens is 1. The molecule has 4 rings (SSSR count). The van der Waals surface area contributed by atoms with Crippen molar-refractivity contribution >= 4 is 48.2 Å². The van der Waals surface area contributed by atoms with Crippen LogP contribution in [0.15, 0.2) is 36.4 Å². The molecule has 4 aromatic carbocycles. The van der Waals surface area contributed by atoms with Gasteiger partial charge >= 0.3 is 0 Å². The molecule has 0 radical (unpaired) electrons. The van der Waals surface area contributed by atoms with E-state index in [-0.39, 0.29) is 0 Å². The minimum Gasteiger partial charge on any atom is -0.490 e. The van der Waals surface area contributed by atoms with Crippen molar-refractivity contribution in [3.05, 3.63) is 36.4 Å². The molecule has 58 heavy (non-hydrogen) atoms. The largest absolute Gasteiger partial charge is 0.490 e. The summed E-state index contributed by atoms with van der Waals surface area (Å²) in [5, 5.41) is 7.51. The van der Waals surface area contributed by atoms with Gasteiger partial charge in [0.25, 0.3) is 0 Å². The molecule has 0 N–H and O–H groups in total. The maximum absolute atomic E-state index is 6.63. The van der Waals surface area contributed by atoms with Crippen LogP contribution in [0.1, 0.15) is 169 Å². The molecule has 7 heteroatoms. The minimum atomic E-state index is 0.603. The quantitative estimate of drug-likeness (QED) is 0.0265. The monoisotopic (exact) mass is 864 g/mol. The van der Waals surface area contributed by atoms with Gasteiger partial charge in [0.2, 0.25) is 0 Å². The lowest BCUT2D eigenvalue weighted by molar-refractivity contribution is 0.259. The van der Waals surface area contributed by atoms with Crippen LogP contribution >= 0.6 is 15.9 Å². The van der Waals surface area contributed by atoms with Gasteiger partial charge < -0.3 is 28.4 Å². The second-order valence-electron chi connectivity index (χ2n) is 16.0. The number of hydrogen-bond donors (Lipinski definition) is 0. The lowest BCUT2D eigenvalue weighted by Crippen LogP contribution is -2.05. The van der Waals surface area contributed by atoms with Gasteiger partial charge in [0.05, 0.1) is 39.6 Å². The molecular formula is C51H77BrO6. The van der Waals surface area contributed by atoms with E-state index in [0.29, 0.717) is 39.6 Å². The summed E-state index contributed by atoms with van der Waals surface area (Å²) in [4.78, 5) is 0. The summed E-state index contributed by atoms with van der Waals surface area (Å²) in [6.07, 6.45) is 23.8. The Morgan fingerprint density at radius 2 is 0.466 bits per heavy atom. The first kappa shape index (κ1) is 47.6. The van der Waals surface area contributed by atoms with Crippen LogP contribution < -0.4 is 28.4 Å². The topological polar surface area (TPSA) is 55.4 Å². The Labute approximate surface area is 360 Å². The predicted molar refractivity (Wildman–Crippen MR) is 251 cm³/mol. The molecule has 0 bridgehead atoms. The van der Waals surface area contributed by atoms with E-state index in [2.05, 4.69) is 86.9 Å². The van der Waals surface area contributed by atoms with Gasteiger partial charge in [-0.3, -0.25) is 0 Å². The first-order valence-corrected chi connectivity index (χ1v) is 24.6. The highest BCUT2D eigenvalue weighted by Crippen LogP contribution is 2.47. The molecule has 0 unspecified atom stereocenters. The number of hydrogen-bond acceptors (Lipinski definition) is 6. The first-order chi connectivity index (χ1) is 28.6. The van der Waals surface area contributed by atoms with Gasteiger partial charge in [-0.05, 0) is 107 Å². The van der Waals surface area contributed by atoms with Crippen molar-refractivity contribution in [1.29, 1.82) is 0 Å². The molecule has 0 aromatic heterocycles. The first-order valence-electron chi connectivity index (χ1n) is 23.5. The summed E-state index contributed by atoms with van der Waals surface area (Å²) in [6.45, 7) is 15.1. The average molecular weight is 866 g/mol. The van der Waals surface area contributed by atoms with Gasteiger partial charge in [0.15, 0.2) is 34.5 Å². The van der Waals surface area contributed by atoms with E-state index >= 15 is 0 Å². The van der Waals surface area contributed by atoms with Crippen molar-refractivity contribution in [2.75, 3.05) is 45.0 Å². The lowest BCUT2D eigenvalue weighted by Gasteiger charge is -2.21. The van der Waals surface area contributed by atoms with Crippen LogP contribution in [0.4, 0.5) is 0 Å². The summed E-state index contributed by atoms with van der Waals surface area (Å²) in [5.74, 6) is 4.79. The fourth-order valence-corrected chi connectivity index (χ4v) is 7.71. The Balaban J connectivity index is 1.95. The van der Waals surface area contributed by atoms with Crippen LogP contribution in [0.2, 0.25) is 0 Å². The fourth-order valence-electron chi connectivity index (χ4n) is 7.49. The van der Waals surface area contributed by atoms with Gasteiger partial charge in [-0.1, -0.05) is 147 Å². The molecule has 0 fully saturated rings. The zero-order valence-electron chi connectivity index (χ0n) is 37.1. The second-order valence-corrected chi connectivity index (χ2v) is 16.8. The Kier molecular flexibility index (Phi) is 23.3. The summed E-state index contributed by atoms with van der Waals surface area (Å²) in [6, 6.07) is 13.3. The zero-order chi connectivity index (χ0) is 41.2. The van der Waals surface area contributed by atoms with Crippen molar-refractivity contribution in [2.45, 2.75) is 169 Å². The Morgan fingerprint density at radius 1 is 0.276 bits per heavy atom. The SMILES string of the molecule is CCCCCCOc1cc2c(cc1OCCCBr)c1cc(OCCCCCC)c(OCCCCCC)cc1c1cc(OCCCCCC)c(OCCCCCC)cc21. The van der Waals surface area contributed by atoms with E-state index in [1.54, 1.807) is 0 Å². The highest BCUT2D eigenvalue weighted by molar-refractivity contribution is 9.09. The maximum Gasteiger partial charge on any atom is 0.161 e. The second kappa shape index (κ2) is 28.4. The number of ether oxygens (including phenoxy) is 6. The third-order valence-corrected chi connectivity index (χ3v) is 11.5. The molecule has 6 nitrogen and oxygen atoms in total. The number of unbranched alkanes of at least 4 members (excludes halogenated alkanes) is 15. The van der Waals surface area contributed by atoms with Crippen LogP contribution in [-0.2, 0) is 0 Å². The average Bonchev–Trinajstić information content (AvgIpc) is 3.23. The van der Waals surface area contributed by atoms with Gasteiger partial charge in [0.1, 0.15) is 0 Å². The third-order valence-electron chi connectivity index (χ3n) is 10.9. The van der Waals surface area contributed by atoms with Crippen LogP contribution in [0.3, 0.4) is 0 Å². The number of benzene rings is 4. The maximum atomic E-state index is 6.63. The normalized spacial score (nSPS) is 11.5. The van der Waals surface area contributed by atoms with Crippen molar-refractivity contribution in [2.24, 2.45) is 0 Å². The summed E-state index contributed by atoms with van der Waals surface area (Å²) >= 11 is 3.60. The molecule has 4 aromatic rings. The predicted octanol–water partition coefficient (Wildman–Crippen LogP) is 16.1. The van der Waals surface area contributed by atoms with Gasteiger partial charge in [-0.2, -0.15) is 0 Å². The Hall–Kier alpha value is -3.06. The molecule has 0 aliphatic rings. The zero-order valence-corrected chi connectivity index (χ0v) is 38.7. The minimum absolute atomic E-state index is 0.603. The molecule has 0 heterocycles. The summed E-state index contributed by atoms with van der Waals surface area (Å²) in [5.41, 5.74) is 0. The van der Waals surface area contributed by atoms with Crippen molar-refractivity contribution in [1.82, 2.24) is 0 Å². The van der Waals surface area contributed by atoms with Gasteiger partial charge in [-0.15, -0.1) is 0 Å². The summed E-state index contributed by atoms with van der Waals surface area (Å²) in [7, 11) is 0. The molecule has 0 aliphatic heterocycles. The fraction of sp³-hybridized carbons (Fsp3) is 0.647. The van der Waals surface area contributed by atoms with E-state index in [9.17, 15) is 0 Å². The van der Waals surface area contributed by atoms with Crippen LogP contribution in [-0.4, -0.2) is 45.0 Å². The third kappa shape index (κ3) is 15.2. The van der Waals surface area contributed by atoms with Gasteiger partial charge in [-0.25, -0.2) is 0 Å². The summed E-state index contributed by atoms with van der Waals surface area (Å²) < 4.78 is 39.6. The number of alkyl halides is 1. The molecule has 324 valence electrons. The molecule has 0 atom stereocenters. The number of fused-ring (bicyclic) bond motifs is 6. The molecule has 0 saturated heterocycles. The van der Waals surface area contributed by atoms with E-state index in [1.165, 1.54) is 64.2 Å². The van der Waals surface area contributed by atoms with Crippen molar-refractivity contribution < 1.29 is 28.4 Å². The smallest absolute Gasteiger partial charge is 0.161 e. The van der Waals surface area contributed by atoms with Gasteiger partial charge in [0, 0.05) is 5.33 Å². The highest BCUT2D eigenvalue weighted by Gasteiger charge is 2.20. The Bertz CT molecular complexity index is 1690. The van der Waals surface area contributed by atoms with E-state index in [0.717, 1.165) is 143 Å². The van der Waals surface area contributed by atoms with E-state index in [4.69, 9.17) is 28.4 Å². The van der Waals surface area contributed by atoms with E-state index < -0.39 is 0 Å². The Morgan fingerprint density at radius 3 is 0.638 bits per heavy atom. The number of rotatable bonds is 34. The standard InChI is InChI=1S/C51H77BrO6/c1-6-11-16-21-28-53-46-34-40-41-35-47(54-29-22-17-12-7-2)49(56-31-24-19-14-9-4)37-43(41)45-39-51(58-33-26-27-52)50(57-32-25-20-15-10-5)38-44(45)42(40)36-48(46)55-30-23-18-13-8-3/h34-39H,6-33H2,1-5H3. The van der Waals surface area contributed by atoms with Crippen LogP contribution in [0, 0.1) is 0 Å². The molecule has 0 spiro atoms. The highest BCUT2D eigenvalue weighted by atomic mass is 79.9. The molecule has 0 saturated carbocycles. The molecule has 0 amide bonds. The van der Waals surface area contributed by atoms with Crippen LogP contribution in [0.5, 0.6) is 34.5 Å². The molecular weight excluding hydrogens is 788 g/mol. The van der Waals surface area contributed by atoms with Crippen molar-refractivity contribution in [3.8, 4) is 34.5 Å². The van der Waals surface area contributed by atoms with Crippen molar-refractivity contribution in [3.63, 3.8) is 0 Å².